The molecule has 0 N–H and O–H groups in total. The first-order valence-electron chi connectivity index (χ1n) is 42.2. The topological polar surface area (TPSA) is 84.2 Å². The summed E-state index contributed by atoms with van der Waals surface area (Å²) < 4.78 is 9.26. The minimum atomic E-state index is 0.584. The van der Waals surface area contributed by atoms with Crippen LogP contribution in [0.3, 0.4) is 0 Å². The molecule has 0 bridgehead atoms. The Balaban J connectivity index is 0.000000136. The molecule has 0 radical (unpaired) electrons. The van der Waals surface area contributed by atoms with E-state index in [-0.39, 0.29) is 0 Å². The summed E-state index contributed by atoms with van der Waals surface area (Å²) in [6.45, 7) is 0. The van der Waals surface area contributed by atoms with Crippen LogP contribution >= 0.6 is 0 Å². The SMILES string of the molecule is c1ccc(-c2cc(-c3ccccc3)nc(-n3c4ccccc4c4cc(-c5ccc6c(c5)c5ccccc5n6-c5ccc6c7ccccc7c7ccccc7c6c5)ccc43)n2)cc1.c1ccc(-c2nc(-c3ccccc3)nc(-n3c4ccccc4c4cc(-c5ccc6c(c5)c5ccccc5n6-c5ccc6c7ccccc7c7ccccc7c6c5)ccc43)n2)cc1. The normalized spacial score (nSPS) is 11.9. The van der Waals surface area contributed by atoms with Gasteiger partial charge in [0.25, 0.3) is 0 Å². The van der Waals surface area contributed by atoms with Crippen LogP contribution in [0.2, 0.25) is 0 Å². The third kappa shape index (κ3) is 11.4. The molecule has 26 rings (SSSR count). The molecule has 6 aromatic heterocycles. The average molecular weight is 1580 g/mol. The molecular formula is C115H71N9. The van der Waals surface area contributed by atoms with E-state index in [1.807, 2.05) is 72.8 Å². The van der Waals surface area contributed by atoms with Crippen molar-refractivity contribution in [1.82, 2.24) is 43.2 Å². The first-order chi connectivity index (χ1) is 61.5. The van der Waals surface area contributed by atoms with Crippen molar-refractivity contribution >= 4 is 152 Å². The summed E-state index contributed by atoms with van der Waals surface area (Å²) in [6, 6.07) is 154. The monoisotopic (exact) mass is 1580 g/mol. The molecule has 9 heteroatoms. The van der Waals surface area contributed by atoms with Crippen molar-refractivity contribution in [1.29, 1.82) is 0 Å². The van der Waals surface area contributed by atoms with Gasteiger partial charge in [-0.25, -0.2) is 15.0 Å². The van der Waals surface area contributed by atoms with Crippen molar-refractivity contribution in [3.05, 3.63) is 431 Å². The molecule has 0 atom stereocenters. The molecule has 20 aromatic carbocycles. The van der Waals surface area contributed by atoms with Crippen LogP contribution in [0.5, 0.6) is 0 Å². The van der Waals surface area contributed by atoms with Crippen molar-refractivity contribution in [3.63, 3.8) is 0 Å². The van der Waals surface area contributed by atoms with Gasteiger partial charge in [-0.15, -0.1) is 0 Å². The molecule has 26 aromatic rings. The smallest absolute Gasteiger partial charge is 0.238 e. The van der Waals surface area contributed by atoms with E-state index < -0.39 is 0 Å². The van der Waals surface area contributed by atoms with Crippen molar-refractivity contribution in [2.45, 2.75) is 0 Å². The van der Waals surface area contributed by atoms with E-state index >= 15 is 0 Å². The minimum absolute atomic E-state index is 0.584. The Morgan fingerprint density at radius 1 is 0.129 bits per heavy atom. The largest absolute Gasteiger partial charge is 0.309 e. The number of hydrogen-bond donors (Lipinski definition) is 0. The van der Waals surface area contributed by atoms with Gasteiger partial charge in [0.15, 0.2) is 11.6 Å². The molecule has 0 unspecified atom stereocenters. The second-order valence-corrected chi connectivity index (χ2v) is 32.2. The number of para-hydroxylation sites is 4. The van der Waals surface area contributed by atoms with Crippen LogP contribution in [0.1, 0.15) is 0 Å². The molecule has 6 heterocycles. The Morgan fingerprint density at radius 3 is 0.677 bits per heavy atom. The lowest BCUT2D eigenvalue weighted by Gasteiger charge is -2.14. The van der Waals surface area contributed by atoms with E-state index in [9.17, 15) is 0 Å². The zero-order chi connectivity index (χ0) is 81.5. The van der Waals surface area contributed by atoms with E-state index in [0.717, 1.165) is 105 Å². The third-order valence-electron chi connectivity index (χ3n) is 25.3. The first-order valence-corrected chi connectivity index (χ1v) is 42.2. The zero-order valence-corrected chi connectivity index (χ0v) is 67.0. The van der Waals surface area contributed by atoms with Gasteiger partial charge in [-0.05, 0) is 190 Å². The summed E-state index contributed by atoms with van der Waals surface area (Å²) in [4.78, 5) is 25.7. The molecule has 0 spiro atoms. The molecule has 0 aliphatic carbocycles. The quantitative estimate of drug-likeness (QED) is 0.127. The highest BCUT2D eigenvalue weighted by Crippen LogP contribution is 2.45. The molecule has 124 heavy (non-hydrogen) atoms. The Morgan fingerprint density at radius 2 is 0.363 bits per heavy atom. The lowest BCUT2D eigenvalue weighted by atomic mass is 9.94. The first kappa shape index (κ1) is 70.3. The Kier molecular flexibility index (Phi) is 16.1. The number of aromatic nitrogens is 9. The maximum absolute atomic E-state index is 5.24. The fourth-order valence-electron chi connectivity index (χ4n) is 19.6. The lowest BCUT2D eigenvalue weighted by Crippen LogP contribution is -2.06. The molecule has 0 aliphatic rings. The highest BCUT2D eigenvalue weighted by Gasteiger charge is 2.24. The summed E-state index contributed by atoms with van der Waals surface area (Å²) in [5, 5.41) is 24.8. The highest BCUT2D eigenvalue weighted by atomic mass is 15.2. The number of rotatable bonds is 10. The minimum Gasteiger partial charge on any atom is -0.309 e. The highest BCUT2D eigenvalue weighted by molar-refractivity contribution is 6.28. The van der Waals surface area contributed by atoms with Gasteiger partial charge < -0.3 is 9.13 Å². The molecule has 9 nitrogen and oxygen atoms in total. The molecule has 0 saturated carbocycles. The number of fused-ring (bicyclic) bond motifs is 24. The van der Waals surface area contributed by atoms with Gasteiger partial charge in [0.2, 0.25) is 11.9 Å². The predicted octanol–water partition coefficient (Wildman–Crippen LogP) is 29.7. The van der Waals surface area contributed by atoms with E-state index in [1.165, 1.54) is 114 Å². The zero-order valence-electron chi connectivity index (χ0n) is 67.0. The summed E-state index contributed by atoms with van der Waals surface area (Å²) in [7, 11) is 0. The van der Waals surface area contributed by atoms with Crippen molar-refractivity contribution < 1.29 is 0 Å². The standard InChI is InChI=1S/C58H36N4.C57H35N5/c1-3-15-37(16-4-1)52-36-53(38-17-5-2-6-18-38)60-58(59-52)62-55-26-14-12-24-48(55)51-34-40(28-32-57(51)62)39-27-31-56-50(33-39)47-23-11-13-25-54(47)61(56)41-29-30-46-44-21-8-7-19-42(44)43-20-9-10-22-45(43)49(46)35-41;1-3-15-36(16-4-1)55-58-56(37-17-5-2-6-18-37)60-57(59-55)62-52-26-14-12-24-47(52)50-34-39(28-32-54(50)62)38-27-31-53-49(33-38)46-23-11-13-25-51(46)61(53)40-29-30-45-43-21-8-7-19-41(43)42-20-9-10-22-44(42)48(45)35-40/h1-36H;1-35H. The van der Waals surface area contributed by atoms with Crippen LogP contribution < -0.4 is 0 Å². The molecular weight excluding hydrogens is 1510 g/mol. The Hall–Kier alpha value is -16.8. The molecule has 0 amide bonds. The fourth-order valence-corrected chi connectivity index (χ4v) is 19.6. The predicted molar refractivity (Wildman–Crippen MR) is 517 cm³/mol. The van der Waals surface area contributed by atoms with Crippen molar-refractivity contribution in [2.24, 2.45) is 0 Å². The maximum atomic E-state index is 5.24. The van der Waals surface area contributed by atoms with Gasteiger partial charge in [0, 0.05) is 76.7 Å². The van der Waals surface area contributed by atoms with Crippen LogP contribution in [0.4, 0.5) is 0 Å². The summed E-state index contributed by atoms with van der Waals surface area (Å²) in [6.07, 6.45) is 0. The molecule has 0 saturated heterocycles. The van der Waals surface area contributed by atoms with Crippen LogP contribution in [0, 0.1) is 0 Å². The van der Waals surface area contributed by atoms with Crippen LogP contribution in [-0.2, 0) is 0 Å². The van der Waals surface area contributed by atoms with Gasteiger partial charge in [0.1, 0.15) is 0 Å². The number of nitrogens with zero attached hydrogens (tertiary/aromatic N) is 9. The van der Waals surface area contributed by atoms with Crippen molar-refractivity contribution in [3.8, 4) is 90.8 Å². The Labute approximate surface area is 711 Å². The van der Waals surface area contributed by atoms with E-state index in [2.05, 4.69) is 376 Å². The van der Waals surface area contributed by atoms with Gasteiger partial charge in [0.05, 0.1) is 55.5 Å². The average Bonchev–Trinajstić information content (AvgIpc) is 1.70. The third-order valence-corrected chi connectivity index (χ3v) is 25.3. The van der Waals surface area contributed by atoms with E-state index in [4.69, 9.17) is 24.9 Å². The van der Waals surface area contributed by atoms with Gasteiger partial charge in [-0.3, -0.25) is 9.13 Å². The fraction of sp³-hybridized carbons (Fsp3) is 0. The maximum Gasteiger partial charge on any atom is 0.238 e. The van der Waals surface area contributed by atoms with Gasteiger partial charge >= 0.3 is 0 Å². The van der Waals surface area contributed by atoms with Crippen LogP contribution in [-0.4, -0.2) is 43.2 Å². The summed E-state index contributed by atoms with van der Waals surface area (Å²) in [5.74, 6) is 2.50. The molecule has 576 valence electrons. The molecule has 0 aliphatic heterocycles. The van der Waals surface area contributed by atoms with E-state index in [0.29, 0.717) is 23.5 Å². The Bertz CT molecular complexity index is 8170. The van der Waals surface area contributed by atoms with Crippen molar-refractivity contribution in [2.75, 3.05) is 0 Å². The lowest BCUT2D eigenvalue weighted by molar-refractivity contribution is 0.953. The van der Waals surface area contributed by atoms with Crippen LogP contribution in [0.25, 0.3) is 243 Å². The second-order valence-electron chi connectivity index (χ2n) is 32.2. The summed E-state index contributed by atoms with van der Waals surface area (Å²) >= 11 is 0. The molecule has 0 fully saturated rings. The van der Waals surface area contributed by atoms with Gasteiger partial charge in [-0.1, -0.05) is 328 Å². The van der Waals surface area contributed by atoms with Gasteiger partial charge in [-0.2, -0.15) is 9.97 Å². The van der Waals surface area contributed by atoms with Crippen LogP contribution in [0.15, 0.2) is 431 Å². The second kappa shape index (κ2) is 28.5. The number of benzene rings is 20. The summed E-state index contributed by atoms with van der Waals surface area (Å²) in [5.41, 5.74) is 21.6. The van der Waals surface area contributed by atoms with E-state index in [1.54, 1.807) is 0 Å². The number of hydrogen-bond acceptors (Lipinski definition) is 5.